The molecule has 1 aliphatic heterocycles. The number of hydrogen-bond acceptors (Lipinski definition) is 4. The summed E-state index contributed by atoms with van der Waals surface area (Å²) in [7, 11) is -3.49. The van der Waals surface area contributed by atoms with Crippen molar-refractivity contribution < 1.29 is 13.5 Å². The van der Waals surface area contributed by atoms with Gasteiger partial charge in [0.05, 0.1) is 13.2 Å². The summed E-state index contributed by atoms with van der Waals surface area (Å²) in [5.74, 6) is 0. The molecule has 102 valence electrons. The van der Waals surface area contributed by atoms with Crippen LogP contribution in [-0.4, -0.2) is 36.5 Å². The average Bonchev–Trinajstić information content (AvgIpc) is 2.55. The molecule has 0 amide bonds. The van der Waals surface area contributed by atoms with Crippen LogP contribution in [0.1, 0.15) is 19.8 Å². The first-order valence-corrected chi connectivity index (χ1v) is 9.30. The number of nitrogens with zero attached hydrogens (tertiary/aromatic N) is 1. The van der Waals surface area contributed by atoms with Gasteiger partial charge >= 0.3 is 0 Å². The smallest absolute Gasteiger partial charge is 0.245 e. The van der Waals surface area contributed by atoms with E-state index < -0.39 is 15.6 Å². The lowest BCUT2D eigenvalue weighted by atomic mass is 9.92. The van der Waals surface area contributed by atoms with Crippen LogP contribution >= 0.6 is 43.2 Å². The van der Waals surface area contributed by atoms with Crippen molar-refractivity contribution in [2.45, 2.75) is 30.3 Å². The van der Waals surface area contributed by atoms with Crippen molar-refractivity contribution in [2.75, 3.05) is 13.1 Å². The summed E-state index contributed by atoms with van der Waals surface area (Å²) in [6, 6.07) is 1.58. The lowest BCUT2D eigenvalue weighted by Gasteiger charge is -2.45. The minimum atomic E-state index is -3.49. The predicted molar refractivity (Wildman–Crippen MR) is 78.3 cm³/mol. The van der Waals surface area contributed by atoms with Gasteiger partial charge in [0.15, 0.2) is 0 Å². The molecule has 1 aromatic rings. The fourth-order valence-electron chi connectivity index (χ4n) is 2.04. The molecule has 0 aromatic carbocycles. The number of aliphatic hydroxyl groups is 1. The number of halogens is 2. The second-order valence-corrected chi connectivity index (χ2v) is 10.1. The average molecular weight is 419 g/mol. The van der Waals surface area contributed by atoms with Crippen molar-refractivity contribution in [1.82, 2.24) is 4.31 Å². The van der Waals surface area contributed by atoms with Crippen LogP contribution < -0.4 is 0 Å². The van der Waals surface area contributed by atoms with E-state index >= 15 is 0 Å². The lowest BCUT2D eigenvalue weighted by molar-refractivity contribution is -0.0653. The van der Waals surface area contributed by atoms with Crippen molar-refractivity contribution in [1.29, 1.82) is 0 Å². The molecule has 0 saturated carbocycles. The molecule has 1 fully saturated rings. The first-order chi connectivity index (χ1) is 8.28. The van der Waals surface area contributed by atoms with Gasteiger partial charge in [0.1, 0.15) is 4.90 Å². The van der Waals surface area contributed by atoms with E-state index in [1.807, 2.05) is 6.92 Å². The third-order valence-electron chi connectivity index (χ3n) is 2.90. The largest absolute Gasteiger partial charge is 0.387 e. The molecule has 0 unspecified atom stereocenters. The molecule has 8 heteroatoms. The number of hydrogen-bond donors (Lipinski definition) is 1. The highest BCUT2D eigenvalue weighted by molar-refractivity contribution is 9.12. The highest BCUT2D eigenvalue weighted by Gasteiger charge is 2.47. The standard InChI is InChI=1S/C10H13Br2NO3S2/c1-2-3-10(14)5-13(6-10)18(15,16)7-4-8(11)17-9(7)12/h4,14H,2-3,5-6H2,1H3. The topological polar surface area (TPSA) is 57.6 Å². The number of rotatable bonds is 4. The maximum atomic E-state index is 12.3. The molecule has 0 aliphatic carbocycles. The highest BCUT2D eigenvalue weighted by atomic mass is 79.9. The van der Waals surface area contributed by atoms with Crippen LogP contribution in [0, 0.1) is 0 Å². The summed E-state index contributed by atoms with van der Waals surface area (Å²) >= 11 is 7.85. The highest BCUT2D eigenvalue weighted by Crippen LogP contribution is 2.39. The molecule has 18 heavy (non-hydrogen) atoms. The summed E-state index contributed by atoms with van der Waals surface area (Å²) in [5.41, 5.74) is -0.846. The van der Waals surface area contributed by atoms with Gasteiger partial charge in [0.2, 0.25) is 10.0 Å². The second kappa shape index (κ2) is 5.14. The van der Waals surface area contributed by atoms with Gasteiger partial charge < -0.3 is 5.11 Å². The molecule has 4 nitrogen and oxygen atoms in total. The van der Waals surface area contributed by atoms with Gasteiger partial charge in [-0.25, -0.2) is 8.42 Å². The maximum Gasteiger partial charge on any atom is 0.245 e. The van der Waals surface area contributed by atoms with E-state index in [0.717, 1.165) is 10.2 Å². The quantitative estimate of drug-likeness (QED) is 0.817. The molecule has 1 aromatic heterocycles. The van der Waals surface area contributed by atoms with Crippen molar-refractivity contribution in [3.63, 3.8) is 0 Å². The molecular formula is C10H13Br2NO3S2. The van der Waals surface area contributed by atoms with Gasteiger partial charge in [0.25, 0.3) is 0 Å². The molecule has 2 heterocycles. The van der Waals surface area contributed by atoms with E-state index in [1.165, 1.54) is 15.6 Å². The monoisotopic (exact) mass is 417 g/mol. The van der Waals surface area contributed by atoms with Crippen molar-refractivity contribution >= 4 is 53.2 Å². The number of thiophene rings is 1. The van der Waals surface area contributed by atoms with Crippen LogP contribution in [0.25, 0.3) is 0 Å². The van der Waals surface area contributed by atoms with E-state index in [-0.39, 0.29) is 18.0 Å². The lowest BCUT2D eigenvalue weighted by Crippen LogP contribution is -2.63. The Morgan fingerprint density at radius 3 is 2.56 bits per heavy atom. The summed E-state index contributed by atoms with van der Waals surface area (Å²) in [5, 5.41) is 10.0. The van der Waals surface area contributed by atoms with E-state index in [0.29, 0.717) is 10.2 Å². The Balaban J connectivity index is 2.18. The van der Waals surface area contributed by atoms with Gasteiger partial charge in [-0.3, -0.25) is 0 Å². The van der Waals surface area contributed by atoms with Gasteiger partial charge in [-0.05, 0) is 44.3 Å². The fourth-order valence-corrected chi connectivity index (χ4v) is 7.40. The Morgan fingerprint density at radius 1 is 1.50 bits per heavy atom. The van der Waals surface area contributed by atoms with Gasteiger partial charge in [-0.2, -0.15) is 4.31 Å². The van der Waals surface area contributed by atoms with Crippen LogP contribution in [0.4, 0.5) is 0 Å². The van der Waals surface area contributed by atoms with E-state index in [2.05, 4.69) is 31.9 Å². The van der Waals surface area contributed by atoms with Gasteiger partial charge in [-0.1, -0.05) is 13.3 Å². The minimum absolute atomic E-state index is 0.184. The molecule has 0 bridgehead atoms. The number of β-amino-alcohol motifs (C(OH)–C–C–N with tert-alkyl or cyclic N) is 1. The van der Waals surface area contributed by atoms with Crippen LogP contribution in [0.15, 0.2) is 18.5 Å². The fraction of sp³-hybridized carbons (Fsp3) is 0.600. The SMILES string of the molecule is CCCC1(O)CN(S(=O)(=O)c2cc(Br)sc2Br)C1. The Labute approximate surface area is 127 Å². The van der Waals surface area contributed by atoms with E-state index in [4.69, 9.17) is 0 Å². The van der Waals surface area contributed by atoms with Crippen LogP contribution in [0.5, 0.6) is 0 Å². The predicted octanol–water partition coefficient (Wildman–Crippen LogP) is 2.81. The van der Waals surface area contributed by atoms with Crippen molar-refractivity contribution in [2.24, 2.45) is 0 Å². The first kappa shape index (κ1) is 14.9. The summed E-state index contributed by atoms with van der Waals surface area (Å²) < 4.78 is 27.3. The summed E-state index contributed by atoms with van der Waals surface area (Å²) in [6.45, 7) is 2.34. The maximum absolute atomic E-state index is 12.3. The number of sulfonamides is 1. The zero-order chi connectivity index (χ0) is 13.6. The van der Waals surface area contributed by atoms with Gasteiger partial charge in [0, 0.05) is 13.1 Å². The van der Waals surface area contributed by atoms with Crippen LogP contribution in [0.3, 0.4) is 0 Å². The normalized spacial score (nSPS) is 19.8. The minimum Gasteiger partial charge on any atom is -0.387 e. The molecule has 2 rings (SSSR count). The zero-order valence-corrected chi connectivity index (χ0v) is 14.5. The second-order valence-electron chi connectivity index (χ2n) is 4.44. The third kappa shape index (κ3) is 2.69. The Bertz CT molecular complexity index is 549. The zero-order valence-electron chi connectivity index (χ0n) is 9.69. The van der Waals surface area contributed by atoms with Crippen LogP contribution in [-0.2, 0) is 10.0 Å². The summed E-state index contributed by atoms with van der Waals surface area (Å²) in [6.07, 6.45) is 1.48. The summed E-state index contributed by atoms with van der Waals surface area (Å²) in [4.78, 5) is 0.262. The molecule has 0 spiro atoms. The van der Waals surface area contributed by atoms with E-state index in [9.17, 15) is 13.5 Å². The molecule has 1 aliphatic rings. The van der Waals surface area contributed by atoms with E-state index in [1.54, 1.807) is 6.07 Å². The first-order valence-electron chi connectivity index (χ1n) is 5.46. The van der Waals surface area contributed by atoms with Gasteiger partial charge in [-0.15, -0.1) is 11.3 Å². The molecule has 0 atom stereocenters. The third-order valence-corrected chi connectivity index (χ3v) is 7.45. The Kier molecular flexibility index (Phi) is 4.26. The van der Waals surface area contributed by atoms with Crippen molar-refractivity contribution in [3.05, 3.63) is 13.6 Å². The van der Waals surface area contributed by atoms with Crippen molar-refractivity contribution in [3.8, 4) is 0 Å². The molecule has 1 saturated heterocycles. The Morgan fingerprint density at radius 2 is 2.11 bits per heavy atom. The Hall–Kier alpha value is 0.530. The molecular weight excluding hydrogens is 406 g/mol. The molecule has 1 N–H and O–H groups in total. The molecule has 0 radical (unpaired) electrons. The van der Waals surface area contributed by atoms with Crippen LogP contribution in [0.2, 0.25) is 0 Å².